The summed E-state index contributed by atoms with van der Waals surface area (Å²) in [5.41, 5.74) is 1.47. The first-order valence-corrected chi connectivity index (χ1v) is 5.14. The lowest BCUT2D eigenvalue weighted by Gasteiger charge is -1.73. The standard InChI is InChI=1S/C5H2Br2N2OS/c6-3-1-2(4(7)11-3)9-5(10)8-1/h(H2,8,9,10). The molecule has 0 unspecified atom stereocenters. The minimum atomic E-state index is -0.177. The SMILES string of the molecule is O=c1[nH]c2c(Br)sc(Br)c2[nH]1. The number of hydrogen-bond acceptors (Lipinski definition) is 2. The van der Waals surface area contributed by atoms with Crippen molar-refractivity contribution in [3.05, 3.63) is 18.1 Å². The zero-order valence-electron chi connectivity index (χ0n) is 5.07. The summed E-state index contributed by atoms with van der Waals surface area (Å²) < 4.78 is 1.86. The molecule has 2 aromatic heterocycles. The van der Waals surface area contributed by atoms with Crippen molar-refractivity contribution in [3.8, 4) is 0 Å². The predicted octanol–water partition coefficient (Wildman–Crippen LogP) is 2.44. The molecular formula is C5H2Br2N2OS. The van der Waals surface area contributed by atoms with Gasteiger partial charge in [0, 0.05) is 0 Å². The fraction of sp³-hybridized carbons (Fsp3) is 0. The number of rotatable bonds is 0. The molecule has 0 fully saturated rings. The van der Waals surface area contributed by atoms with Crippen molar-refractivity contribution < 1.29 is 0 Å². The van der Waals surface area contributed by atoms with E-state index in [4.69, 9.17) is 0 Å². The first-order valence-electron chi connectivity index (χ1n) is 2.74. The van der Waals surface area contributed by atoms with Crippen molar-refractivity contribution >= 4 is 54.2 Å². The van der Waals surface area contributed by atoms with Gasteiger partial charge in [-0.2, -0.15) is 0 Å². The van der Waals surface area contributed by atoms with Crippen LogP contribution in [0.2, 0.25) is 0 Å². The second kappa shape index (κ2) is 2.46. The number of aromatic amines is 2. The summed E-state index contributed by atoms with van der Waals surface area (Å²) in [6, 6.07) is 0. The summed E-state index contributed by atoms with van der Waals surface area (Å²) in [7, 11) is 0. The van der Waals surface area contributed by atoms with Crippen LogP contribution in [-0.4, -0.2) is 9.97 Å². The molecule has 2 heterocycles. The Morgan fingerprint density at radius 2 is 1.55 bits per heavy atom. The zero-order chi connectivity index (χ0) is 8.01. The molecule has 0 saturated heterocycles. The molecule has 3 nitrogen and oxygen atoms in total. The Morgan fingerprint density at radius 1 is 1.09 bits per heavy atom. The van der Waals surface area contributed by atoms with Gasteiger partial charge in [0.05, 0.1) is 18.6 Å². The maximum Gasteiger partial charge on any atom is 0.323 e. The molecule has 58 valence electrons. The van der Waals surface area contributed by atoms with Gasteiger partial charge in [0.1, 0.15) is 0 Å². The van der Waals surface area contributed by atoms with Gasteiger partial charge in [-0.1, -0.05) is 0 Å². The van der Waals surface area contributed by atoms with Crippen LogP contribution in [0.25, 0.3) is 11.0 Å². The first kappa shape index (κ1) is 7.57. The van der Waals surface area contributed by atoms with Gasteiger partial charge in [0.2, 0.25) is 0 Å². The average molecular weight is 298 g/mol. The van der Waals surface area contributed by atoms with E-state index >= 15 is 0 Å². The predicted molar refractivity (Wildman–Crippen MR) is 52.2 cm³/mol. The van der Waals surface area contributed by atoms with E-state index in [1.807, 2.05) is 0 Å². The summed E-state index contributed by atoms with van der Waals surface area (Å²) in [5.74, 6) is 0. The van der Waals surface area contributed by atoms with Crippen LogP contribution in [-0.2, 0) is 0 Å². The van der Waals surface area contributed by atoms with E-state index in [9.17, 15) is 4.79 Å². The zero-order valence-corrected chi connectivity index (χ0v) is 9.06. The molecule has 0 atom stereocenters. The maximum absolute atomic E-state index is 10.8. The van der Waals surface area contributed by atoms with Crippen molar-refractivity contribution in [2.24, 2.45) is 0 Å². The topological polar surface area (TPSA) is 48.6 Å². The maximum atomic E-state index is 10.8. The Balaban J connectivity index is 3.03. The number of thiophene rings is 1. The van der Waals surface area contributed by atoms with Gasteiger partial charge in [0.15, 0.2) is 0 Å². The van der Waals surface area contributed by atoms with E-state index in [0.29, 0.717) is 0 Å². The van der Waals surface area contributed by atoms with Crippen molar-refractivity contribution in [2.45, 2.75) is 0 Å². The summed E-state index contributed by atoms with van der Waals surface area (Å²) in [4.78, 5) is 16.1. The van der Waals surface area contributed by atoms with Crippen LogP contribution in [0.4, 0.5) is 0 Å². The lowest BCUT2D eigenvalue weighted by molar-refractivity contribution is 1.21. The summed E-state index contributed by atoms with van der Waals surface area (Å²) in [6.45, 7) is 0. The Kier molecular flexibility index (Phi) is 1.70. The van der Waals surface area contributed by atoms with Gasteiger partial charge in [-0.25, -0.2) is 4.79 Å². The summed E-state index contributed by atoms with van der Waals surface area (Å²) in [5, 5.41) is 0. The van der Waals surface area contributed by atoms with E-state index in [-0.39, 0.29) is 5.69 Å². The highest BCUT2D eigenvalue weighted by atomic mass is 79.9. The van der Waals surface area contributed by atoms with Crippen molar-refractivity contribution in [2.75, 3.05) is 0 Å². The smallest absolute Gasteiger partial charge is 0.304 e. The molecule has 0 radical (unpaired) electrons. The van der Waals surface area contributed by atoms with Crippen LogP contribution < -0.4 is 5.69 Å². The molecule has 0 bridgehead atoms. The lowest BCUT2D eigenvalue weighted by atomic mass is 10.5. The summed E-state index contributed by atoms with van der Waals surface area (Å²) in [6.07, 6.45) is 0. The highest BCUT2D eigenvalue weighted by Gasteiger charge is 2.09. The van der Waals surface area contributed by atoms with Crippen LogP contribution in [0.1, 0.15) is 0 Å². The molecule has 0 aliphatic carbocycles. The van der Waals surface area contributed by atoms with E-state index in [1.165, 1.54) is 11.3 Å². The van der Waals surface area contributed by atoms with Crippen molar-refractivity contribution in [1.29, 1.82) is 0 Å². The third-order valence-electron chi connectivity index (χ3n) is 1.30. The fourth-order valence-corrected chi connectivity index (χ4v) is 3.74. The molecular weight excluding hydrogens is 296 g/mol. The molecule has 2 aromatic rings. The second-order valence-electron chi connectivity index (χ2n) is 1.98. The van der Waals surface area contributed by atoms with Gasteiger partial charge in [-0.3, -0.25) is 0 Å². The Bertz CT molecular complexity index is 417. The van der Waals surface area contributed by atoms with Crippen LogP contribution in [0.5, 0.6) is 0 Å². The van der Waals surface area contributed by atoms with Gasteiger partial charge >= 0.3 is 5.69 Å². The van der Waals surface area contributed by atoms with Gasteiger partial charge in [0.25, 0.3) is 0 Å². The third-order valence-corrected chi connectivity index (χ3v) is 3.83. The molecule has 0 aliphatic heterocycles. The largest absolute Gasteiger partial charge is 0.323 e. The minimum Gasteiger partial charge on any atom is -0.304 e. The first-order chi connectivity index (χ1) is 5.18. The fourth-order valence-electron chi connectivity index (χ4n) is 0.859. The van der Waals surface area contributed by atoms with Crippen molar-refractivity contribution in [1.82, 2.24) is 9.97 Å². The Morgan fingerprint density at radius 3 is 2.00 bits per heavy atom. The Hall–Kier alpha value is -0.0700. The van der Waals surface area contributed by atoms with E-state index in [2.05, 4.69) is 41.8 Å². The molecule has 0 amide bonds. The molecule has 11 heavy (non-hydrogen) atoms. The molecule has 0 saturated carbocycles. The number of aromatic nitrogens is 2. The number of nitrogens with one attached hydrogen (secondary N) is 2. The van der Waals surface area contributed by atoms with Crippen molar-refractivity contribution in [3.63, 3.8) is 0 Å². The Labute approximate surface area is 82.1 Å². The van der Waals surface area contributed by atoms with Crippen LogP contribution in [0.15, 0.2) is 12.4 Å². The minimum absolute atomic E-state index is 0.177. The van der Waals surface area contributed by atoms with Crippen LogP contribution in [0.3, 0.4) is 0 Å². The highest BCUT2D eigenvalue weighted by molar-refractivity contribution is 9.12. The van der Waals surface area contributed by atoms with Crippen LogP contribution in [0, 0.1) is 0 Å². The van der Waals surface area contributed by atoms with Gasteiger partial charge in [-0.15, -0.1) is 11.3 Å². The number of fused-ring (bicyclic) bond motifs is 1. The summed E-state index contributed by atoms with van der Waals surface area (Å²) >= 11 is 8.19. The molecule has 0 aliphatic rings. The lowest BCUT2D eigenvalue weighted by Crippen LogP contribution is -1.99. The van der Waals surface area contributed by atoms with E-state index in [0.717, 1.165) is 18.6 Å². The van der Waals surface area contributed by atoms with Gasteiger partial charge in [-0.05, 0) is 31.9 Å². The molecule has 2 N–H and O–H groups in total. The third kappa shape index (κ3) is 1.09. The molecule has 0 spiro atoms. The molecule has 6 heteroatoms. The second-order valence-corrected chi connectivity index (χ2v) is 5.64. The number of halogens is 2. The normalized spacial score (nSPS) is 11.1. The molecule has 2 rings (SSSR count). The average Bonchev–Trinajstić information content (AvgIpc) is 2.38. The van der Waals surface area contributed by atoms with E-state index < -0.39 is 0 Å². The van der Waals surface area contributed by atoms with Crippen LogP contribution >= 0.6 is 43.2 Å². The number of hydrogen-bond donors (Lipinski definition) is 2. The molecule has 0 aromatic carbocycles. The van der Waals surface area contributed by atoms with Gasteiger partial charge < -0.3 is 9.97 Å². The number of imidazole rings is 1. The van der Waals surface area contributed by atoms with E-state index in [1.54, 1.807) is 0 Å². The quantitative estimate of drug-likeness (QED) is 0.771. The number of H-pyrrole nitrogens is 2. The monoisotopic (exact) mass is 296 g/mol. The highest BCUT2D eigenvalue weighted by Crippen LogP contribution is 2.35.